The van der Waals surface area contributed by atoms with Gasteiger partial charge >= 0.3 is 0 Å². The van der Waals surface area contributed by atoms with Crippen molar-refractivity contribution in [3.05, 3.63) is 45.6 Å². The highest BCUT2D eigenvalue weighted by molar-refractivity contribution is 7.16. The zero-order chi connectivity index (χ0) is 14.7. The van der Waals surface area contributed by atoms with Gasteiger partial charge in [0.1, 0.15) is 0 Å². The molecule has 0 aliphatic carbocycles. The third-order valence-corrected chi connectivity index (χ3v) is 5.02. The van der Waals surface area contributed by atoms with E-state index in [9.17, 15) is 5.11 Å². The first-order chi connectivity index (χ1) is 10.2. The fourth-order valence-corrected chi connectivity index (χ4v) is 3.66. The Hall–Kier alpha value is -1.23. The largest absolute Gasteiger partial charge is 0.393 e. The van der Waals surface area contributed by atoms with Crippen LogP contribution in [0.15, 0.2) is 36.4 Å². The molecule has 0 bridgehead atoms. The number of benzene rings is 1. The van der Waals surface area contributed by atoms with Crippen molar-refractivity contribution in [3.63, 3.8) is 0 Å². The van der Waals surface area contributed by atoms with Gasteiger partial charge in [-0.15, -0.1) is 11.3 Å². The molecule has 112 valence electrons. The predicted octanol–water partition coefficient (Wildman–Crippen LogP) is 3.97. The number of para-hydroxylation sites is 2. The monoisotopic (exact) mass is 322 g/mol. The quantitative estimate of drug-likeness (QED) is 0.894. The third-order valence-electron chi connectivity index (χ3n) is 3.79. The van der Waals surface area contributed by atoms with Crippen LogP contribution in [-0.4, -0.2) is 24.3 Å². The van der Waals surface area contributed by atoms with Gasteiger partial charge in [0.05, 0.1) is 21.8 Å². The van der Waals surface area contributed by atoms with Crippen molar-refractivity contribution in [2.75, 3.05) is 23.3 Å². The number of nitrogens with zero attached hydrogens (tertiary/aromatic N) is 1. The number of anilines is 2. The van der Waals surface area contributed by atoms with Crippen molar-refractivity contribution in [2.45, 2.75) is 25.5 Å². The Morgan fingerprint density at radius 3 is 2.67 bits per heavy atom. The summed E-state index contributed by atoms with van der Waals surface area (Å²) in [4.78, 5) is 3.57. The average molecular weight is 323 g/mol. The molecule has 2 heterocycles. The molecule has 2 N–H and O–H groups in total. The Morgan fingerprint density at radius 2 is 1.95 bits per heavy atom. The van der Waals surface area contributed by atoms with Crippen LogP contribution in [0.2, 0.25) is 4.34 Å². The van der Waals surface area contributed by atoms with Crippen molar-refractivity contribution in [3.8, 4) is 0 Å². The zero-order valence-corrected chi connectivity index (χ0v) is 13.3. The first-order valence-corrected chi connectivity index (χ1v) is 8.42. The lowest BCUT2D eigenvalue weighted by Gasteiger charge is -2.33. The maximum absolute atomic E-state index is 9.64. The molecule has 1 aliphatic rings. The summed E-state index contributed by atoms with van der Waals surface area (Å²) < 4.78 is 0.824. The van der Waals surface area contributed by atoms with Gasteiger partial charge in [-0.3, -0.25) is 0 Å². The van der Waals surface area contributed by atoms with Crippen LogP contribution >= 0.6 is 22.9 Å². The summed E-state index contributed by atoms with van der Waals surface area (Å²) in [5, 5.41) is 13.1. The van der Waals surface area contributed by atoms with E-state index in [1.165, 1.54) is 10.6 Å². The van der Waals surface area contributed by atoms with Gasteiger partial charge in [0.15, 0.2) is 0 Å². The zero-order valence-electron chi connectivity index (χ0n) is 11.8. The molecule has 3 rings (SSSR count). The summed E-state index contributed by atoms with van der Waals surface area (Å²) in [6.45, 7) is 2.60. The molecule has 2 aromatic rings. The van der Waals surface area contributed by atoms with Crippen molar-refractivity contribution < 1.29 is 5.11 Å². The second kappa shape index (κ2) is 6.69. The molecular formula is C16H19ClN2OS. The molecule has 21 heavy (non-hydrogen) atoms. The second-order valence-corrected chi connectivity index (χ2v) is 7.09. The van der Waals surface area contributed by atoms with E-state index in [2.05, 4.69) is 34.5 Å². The van der Waals surface area contributed by atoms with E-state index in [-0.39, 0.29) is 6.10 Å². The lowest BCUT2D eigenvalue weighted by molar-refractivity contribution is 0.145. The Balaban J connectivity index is 1.70. The minimum absolute atomic E-state index is 0.144. The van der Waals surface area contributed by atoms with E-state index in [0.29, 0.717) is 0 Å². The molecule has 1 aliphatic heterocycles. The summed E-state index contributed by atoms with van der Waals surface area (Å²) in [6.07, 6.45) is 1.54. The number of halogens is 1. The van der Waals surface area contributed by atoms with Gasteiger partial charge in [-0.05, 0) is 37.1 Å². The maximum atomic E-state index is 9.64. The van der Waals surface area contributed by atoms with Gasteiger partial charge in [-0.2, -0.15) is 0 Å². The Kier molecular flexibility index (Phi) is 4.68. The van der Waals surface area contributed by atoms with Crippen molar-refractivity contribution >= 4 is 34.3 Å². The molecule has 0 unspecified atom stereocenters. The van der Waals surface area contributed by atoms with Gasteiger partial charge in [-0.25, -0.2) is 0 Å². The van der Waals surface area contributed by atoms with Gasteiger partial charge in [0, 0.05) is 24.5 Å². The predicted molar refractivity (Wildman–Crippen MR) is 90.6 cm³/mol. The van der Waals surface area contributed by atoms with E-state index >= 15 is 0 Å². The number of thiophene rings is 1. The van der Waals surface area contributed by atoms with Crippen LogP contribution in [0, 0.1) is 0 Å². The molecule has 0 spiro atoms. The summed E-state index contributed by atoms with van der Waals surface area (Å²) in [5.74, 6) is 0. The van der Waals surface area contributed by atoms with Crippen molar-refractivity contribution in [2.24, 2.45) is 0 Å². The number of hydrogen-bond acceptors (Lipinski definition) is 4. The van der Waals surface area contributed by atoms with E-state index in [4.69, 9.17) is 11.6 Å². The molecule has 0 amide bonds. The van der Waals surface area contributed by atoms with Crippen LogP contribution in [0.1, 0.15) is 17.7 Å². The third kappa shape index (κ3) is 3.70. The van der Waals surface area contributed by atoms with Crippen LogP contribution < -0.4 is 10.2 Å². The molecule has 0 saturated carbocycles. The summed E-state index contributed by atoms with van der Waals surface area (Å²) in [5.41, 5.74) is 2.35. The highest BCUT2D eigenvalue weighted by Crippen LogP contribution is 2.29. The Labute approximate surface area is 134 Å². The highest BCUT2D eigenvalue weighted by atomic mass is 35.5. The Bertz CT molecular complexity index is 593. The van der Waals surface area contributed by atoms with E-state index in [1.807, 2.05) is 12.1 Å². The van der Waals surface area contributed by atoms with Gasteiger partial charge in [0.25, 0.3) is 0 Å². The molecule has 1 saturated heterocycles. The molecule has 0 atom stereocenters. The van der Waals surface area contributed by atoms with Crippen LogP contribution in [0.3, 0.4) is 0 Å². The van der Waals surface area contributed by atoms with E-state index in [0.717, 1.165) is 42.5 Å². The maximum Gasteiger partial charge on any atom is 0.0931 e. The highest BCUT2D eigenvalue weighted by Gasteiger charge is 2.19. The van der Waals surface area contributed by atoms with Crippen LogP contribution in [0.5, 0.6) is 0 Å². The lowest BCUT2D eigenvalue weighted by Crippen LogP contribution is -2.36. The van der Waals surface area contributed by atoms with Gasteiger partial charge in [-0.1, -0.05) is 23.7 Å². The van der Waals surface area contributed by atoms with Crippen LogP contribution in [0.4, 0.5) is 11.4 Å². The first-order valence-electron chi connectivity index (χ1n) is 7.22. The number of nitrogens with one attached hydrogen (secondary N) is 1. The molecule has 1 aromatic heterocycles. The molecule has 3 nitrogen and oxygen atoms in total. The standard InChI is InChI=1S/C16H19ClN2OS/c17-16-6-5-13(21-16)11-18-14-3-1-2-4-15(14)19-9-7-12(20)8-10-19/h1-6,12,18,20H,7-11H2. The smallest absolute Gasteiger partial charge is 0.0931 e. The molecule has 0 radical (unpaired) electrons. The topological polar surface area (TPSA) is 35.5 Å². The lowest BCUT2D eigenvalue weighted by atomic mass is 10.1. The van der Waals surface area contributed by atoms with Gasteiger partial charge < -0.3 is 15.3 Å². The Morgan fingerprint density at radius 1 is 1.19 bits per heavy atom. The summed E-state index contributed by atoms with van der Waals surface area (Å²) in [7, 11) is 0. The molecule has 1 aromatic carbocycles. The average Bonchev–Trinajstić information content (AvgIpc) is 2.92. The minimum Gasteiger partial charge on any atom is -0.393 e. The van der Waals surface area contributed by atoms with Crippen molar-refractivity contribution in [1.82, 2.24) is 0 Å². The minimum atomic E-state index is -0.144. The summed E-state index contributed by atoms with van der Waals surface area (Å²) >= 11 is 7.57. The number of piperidine rings is 1. The fraction of sp³-hybridized carbons (Fsp3) is 0.375. The first kappa shape index (κ1) is 14.7. The van der Waals surface area contributed by atoms with E-state index in [1.54, 1.807) is 11.3 Å². The van der Waals surface area contributed by atoms with Crippen LogP contribution in [-0.2, 0) is 6.54 Å². The van der Waals surface area contributed by atoms with Crippen LogP contribution in [0.25, 0.3) is 0 Å². The fourth-order valence-electron chi connectivity index (χ4n) is 2.63. The number of aliphatic hydroxyl groups is 1. The SMILES string of the molecule is OC1CCN(c2ccccc2NCc2ccc(Cl)s2)CC1. The second-order valence-electron chi connectivity index (χ2n) is 5.29. The number of hydrogen-bond donors (Lipinski definition) is 2. The number of aliphatic hydroxyl groups excluding tert-OH is 1. The molecule has 5 heteroatoms. The van der Waals surface area contributed by atoms with Crippen molar-refractivity contribution in [1.29, 1.82) is 0 Å². The number of rotatable bonds is 4. The summed E-state index contributed by atoms with van der Waals surface area (Å²) in [6, 6.07) is 12.3. The van der Waals surface area contributed by atoms with E-state index < -0.39 is 0 Å². The normalized spacial score (nSPS) is 16.2. The molecular weight excluding hydrogens is 304 g/mol. The van der Waals surface area contributed by atoms with Gasteiger partial charge in [0.2, 0.25) is 0 Å². The molecule has 1 fully saturated rings.